The standard InChI is InChI=1S/C20H22N4O4S/c1-12-3-7-14(8-4-12)21-18-22-15(11-29-18)10-28-16(25)9-24-17(26)20(2,13-5-6-13)23-19(24)27/h3-4,7-8,11,13H,5-6,9-10H2,1-2H3,(H,21,22)(H,23,27). The lowest BCUT2D eigenvalue weighted by Crippen LogP contribution is -2.46. The van der Waals surface area contributed by atoms with E-state index in [0.29, 0.717) is 10.8 Å². The third kappa shape index (κ3) is 4.09. The van der Waals surface area contributed by atoms with Gasteiger partial charge in [0.1, 0.15) is 18.7 Å². The van der Waals surface area contributed by atoms with Crippen LogP contribution in [0.15, 0.2) is 29.6 Å². The number of thiazole rings is 1. The van der Waals surface area contributed by atoms with Gasteiger partial charge in [-0.15, -0.1) is 11.3 Å². The van der Waals surface area contributed by atoms with Crippen molar-refractivity contribution in [3.8, 4) is 0 Å². The minimum Gasteiger partial charge on any atom is -0.458 e. The molecule has 1 aromatic heterocycles. The van der Waals surface area contributed by atoms with Crippen LogP contribution in [0.1, 0.15) is 31.0 Å². The molecule has 8 nitrogen and oxygen atoms in total. The summed E-state index contributed by atoms with van der Waals surface area (Å²) in [6.45, 7) is 3.32. The molecule has 0 radical (unpaired) electrons. The van der Waals surface area contributed by atoms with Crippen LogP contribution in [0.3, 0.4) is 0 Å². The Morgan fingerprint density at radius 1 is 1.34 bits per heavy atom. The van der Waals surface area contributed by atoms with Gasteiger partial charge in [-0.1, -0.05) is 17.7 Å². The van der Waals surface area contributed by atoms with Crippen LogP contribution in [-0.4, -0.2) is 39.9 Å². The molecule has 3 amide bonds. The maximum atomic E-state index is 12.5. The topological polar surface area (TPSA) is 101 Å². The number of hydrogen-bond donors (Lipinski definition) is 2. The number of esters is 1. The molecular formula is C20H22N4O4S. The van der Waals surface area contributed by atoms with Crippen molar-refractivity contribution in [3.63, 3.8) is 0 Å². The van der Waals surface area contributed by atoms with E-state index < -0.39 is 24.1 Å². The van der Waals surface area contributed by atoms with Gasteiger partial charge >= 0.3 is 12.0 Å². The maximum absolute atomic E-state index is 12.5. The number of aryl methyl sites for hydroxylation is 1. The van der Waals surface area contributed by atoms with E-state index in [9.17, 15) is 14.4 Å². The summed E-state index contributed by atoms with van der Waals surface area (Å²) in [6, 6.07) is 7.39. The monoisotopic (exact) mass is 414 g/mol. The quantitative estimate of drug-likeness (QED) is 0.534. The van der Waals surface area contributed by atoms with E-state index in [2.05, 4.69) is 15.6 Å². The molecule has 29 heavy (non-hydrogen) atoms. The van der Waals surface area contributed by atoms with Crippen LogP contribution in [0.4, 0.5) is 15.6 Å². The second-order valence-electron chi connectivity index (χ2n) is 7.59. The molecule has 0 bridgehead atoms. The van der Waals surface area contributed by atoms with E-state index in [1.54, 1.807) is 12.3 Å². The van der Waals surface area contributed by atoms with Gasteiger partial charge in [-0.05, 0) is 44.7 Å². The predicted molar refractivity (Wildman–Crippen MR) is 108 cm³/mol. The van der Waals surface area contributed by atoms with Crippen LogP contribution < -0.4 is 10.6 Å². The highest BCUT2D eigenvalue weighted by Gasteiger charge is 2.56. The van der Waals surface area contributed by atoms with E-state index >= 15 is 0 Å². The number of anilines is 2. The van der Waals surface area contributed by atoms with Gasteiger partial charge < -0.3 is 15.4 Å². The number of aromatic nitrogens is 1. The zero-order chi connectivity index (χ0) is 20.6. The Kier molecular flexibility index (Phi) is 4.99. The SMILES string of the molecule is Cc1ccc(Nc2nc(COC(=O)CN3C(=O)NC(C)(C4CC4)C3=O)cs2)cc1. The first kappa shape index (κ1) is 19.4. The van der Waals surface area contributed by atoms with Crippen molar-refractivity contribution in [1.82, 2.24) is 15.2 Å². The van der Waals surface area contributed by atoms with Crippen LogP contribution >= 0.6 is 11.3 Å². The first-order valence-corrected chi connectivity index (χ1v) is 10.3. The number of carbonyl (C=O) groups is 3. The zero-order valence-corrected chi connectivity index (χ0v) is 17.0. The molecule has 1 saturated heterocycles. The number of benzene rings is 1. The maximum Gasteiger partial charge on any atom is 0.326 e. The summed E-state index contributed by atoms with van der Waals surface area (Å²) >= 11 is 1.40. The first-order valence-electron chi connectivity index (χ1n) is 9.43. The van der Waals surface area contributed by atoms with Crippen molar-refractivity contribution in [2.45, 2.75) is 38.8 Å². The van der Waals surface area contributed by atoms with Crippen LogP contribution in [0, 0.1) is 12.8 Å². The van der Waals surface area contributed by atoms with Crippen molar-refractivity contribution in [2.75, 3.05) is 11.9 Å². The minimum absolute atomic E-state index is 0.0194. The van der Waals surface area contributed by atoms with Crippen molar-refractivity contribution in [2.24, 2.45) is 5.92 Å². The third-order valence-electron chi connectivity index (χ3n) is 5.22. The molecule has 1 saturated carbocycles. The third-order valence-corrected chi connectivity index (χ3v) is 6.02. The summed E-state index contributed by atoms with van der Waals surface area (Å²) in [5.74, 6) is -0.857. The highest BCUT2D eigenvalue weighted by molar-refractivity contribution is 7.13. The van der Waals surface area contributed by atoms with Gasteiger partial charge in [0.2, 0.25) is 0 Å². The zero-order valence-electron chi connectivity index (χ0n) is 16.2. The average Bonchev–Trinajstić information content (AvgIpc) is 3.42. The van der Waals surface area contributed by atoms with Gasteiger partial charge in [-0.2, -0.15) is 0 Å². The number of carbonyl (C=O) groups excluding carboxylic acids is 3. The molecule has 2 N–H and O–H groups in total. The normalized spacial score (nSPS) is 21.2. The summed E-state index contributed by atoms with van der Waals surface area (Å²) < 4.78 is 5.21. The molecule has 0 spiro atoms. The first-order chi connectivity index (χ1) is 13.8. The fraction of sp³-hybridized carbons (Fsp3) is 0.400. The predicted octanol–water partition coefficient (Wildman–Crippen LogP) is 2.96. The van der Waals surface area contributed by atoms with Gasteiger partial charge in [0.25, 0.3) is 5.91 Å². The lowest BCUT2D eigenvalue weighted by molar-refractivity contribution is -0.149. The van der Waals surface area contributed by atoms with Crippen molar-refractivity contribution >= 4 is 40.1 Å². The molecule has 1 atom stereocenters. The molecule has 2 aromatic rings. The van der Waals surface area contributed by atoms with Gasteiger partial charge in [0.05, 0.1) is 5.69 Å². The Balaban J connectivity index is 1.29. The van der Waals surface area contributed by atoms with Gasteiger partial charge in [-0.25, -0.2) is 9.78 Å². The van der Waals surface area contributed by atoms with Crippen molar-refractivity contribution < 1.29 is 19.1 Å². The molecule has 2 fully saturated rings. The van der Waals surface area contributed by atoms with E-state index in [0.717, 1.165) is 23.4 Å². The molecule has 4 rings (SSSR count). The summed E-state index contributed by atoms with van der Waals surface area (Å²) in [7, 11) is 0. The van der Waals surface area contributed by atoms with Gasteiger partial charge in [0.15, 0.2) is 5.13 Å². The lowest BCUT2D eigenvalue weighted by atomic mass is 9.96. The van der Waals surface area contributed by atoms with E-state index in [4.69, 9.17) is 4.74 Å². The molecule has 2 heterocycles. The van der Waals surface area contributed by atoms with Crippen LogP contribution in [0.2, 0.25) is 0 Å². The van der Waals surface area contributed by atoms with E-state index in [1.165, 1.54) is 16.9 Å². The van der Waals surface area contributed by atoms with E-state index in [1.807, 2.05) is 31.2 Å². The second kappa shape index (κ2) is 7.47. The highest BCUT2D eigenvalue weighted by Crippen LogP contribution is 2.42. The Morgan fingerprint density at radius 2 is 2.07 bits per heavy atom. The van der Waals surface area contributed by atoms with Gasteiger partial charge in [0, 0.05) is 11.1 Å². The molecule has 1 unspecified atom stereocenters. The van der Waals surface area contributed by atoms with Crippen LogP contribution in [0.5, 0.6) is 0 Å². The number of imide groups is 1. The number of nitrogens with zero attached hydrogens (tertiary/aromatic N) is 2. The highest BCUT2D eigenvalue weighted by atomic mass is 32.1. The van der Waals surface area contributed by atoms with Crippen molar-refractivity contribution in [3.05, 3.63) is 40.9 Å². The molecule has 1 aliphatic heterocycles. The Labute approximate surface area is 172 Å². The summed E-state index contributed by atoms with van der Waals surface area (Å²) in [5.41, 5.74) is 1.79. The molecule has 1 aromatic carbocycles. The summed E-state index contributed by atoms with van der Waals surface area (Å²) in [4.78, 5) is 42.1. The Bertz CT molecular complexity index is 954. The number of urea groups is 1. The lowest BCUT2D eigenvalue weighted by Gasteiger charge is -2.20. The average molecular weight is 414 g/mol. The number of hydrogen-bond acceptors (Lipinski definition) is 7. The number of amides is 3. The smallest absolute Gasteiger partial charge is 0.326 e. The largest absolute Gasteiger partial charge is 0.458 e. The molecule has 152 valence electrons. The second-order valence-corrected chi connectivity index (χ2v) is 8.45. The fourth-order valence-corrected chi connectivity index (χ4v) is 4.03. The summed E-state index contributed by atoms with van der Waals surface area (Å²) in [6.07, 6.45) is 1.81. The number of ether oxygens (including phenoxy) is 1. The van der Waals surface area contributed by atoms with Gasteiger partial charge in [-0.3, -0.25) is 14.5 Å². The Morgan fingerprint density at radius 3 is 2.76 bits per heavy atom. The molecule has 1 aliphatic carbocycles. The van der Waals surface area contributed by atoms with E-state index in [-0.39, 0.29) is 18.4 Å². The molecular weight excluding hydrogens is 392 g/mol. The molecule has 9 heteroatoms. The number of rotatable bonds is 7. The number of nitrogens with one attached hydrogen (secondary N) is 2. The fourth-order valence-electron chi connectivity index (χ4n) is 3.32. The van der Waals surface area contributed by atoms with Crippen molar-refractivity contribution in [1.29, 1.82) is 0 Å². The van der Waals surface area contributed by atoms with Crippen LogP contribution in [0.25, 0.3) is 0 Å². The van der Waals surface area contributed by atoms with Crippen LogP contribution in [-0.2, 0) is 20.9 Å². The minimum atomic E-state index is -0.900. The summed E-state index contributed by atoms with van der Waals surface area (Å²) in [5, 5.41) is 8.39. The Hall–Kier alpha value is -2.94. The molecule has 2 aliphatic rings.